The number of nitro benzene ring substituents is 1. The van der Waals surface area contributed by atoms with Crippen molar-refractivity contribution in [3.8, 4) is 23.1 Å². The maximum Gasteiger partial charge on any atom is 0.270 e. The Morgan fingerprint density at radius 3 is 2.83 bits per heavy atom. The summed E-state index contributed by atoms with van der Waals surface area (Å²) in [6.07, 6.45) is 3.70. The number of nitrogens with zero attached hydrogens (tertiary/aromatic N) is 3. The van der Waals surface area contributed by atoms with E-state index in [4.69, 9.17) is 4.74 Å². The third-order valence-corrected chi connectivity index (χ3v) is 5.09. The van der Waals surface area contributed by atoms with Gasteiger partial charge in [-0.2, -0.15) is 5.26 Å². The first-order valence-corrected chi connectivity index (χ1v) is 10.3. The van der Waals surface area contributed by atoms with E-state index in [1.165, 1.54) is 23.5 Å². The molecule has 0 amide bonds. The number of anilines is 1. The molecular formula is C22H20N4O3S. The minimum Gasteiger partial charge on any atom is -0.494 e. The standard InChI is InChI=1S/C22H20N4O3S/c1-2-3-11-29-20-9-7-18(8-10-20)24-14-17(13-23)22-25-21(15-30-22)16-5-4-6-19(12-16)26(27)28/h4-10,12,14-15,24H,2-3,11H2,1H3. The number of benzene rings is 2. The Labute approximate surface area is 178 Å². The number of non-ortho nitro benzene ring substituents is 1. The van der Waals surface area contributed by atoms with Crippen molar-refractivity contribution in [2.24, 2.45) is 0 Å². The van der Waals surface area contributed by atoms with Gasteiger partial charge in [0.25, 0.3) is 5.69 Å². The van der Waals surface area contributed by atoms with E-state index in [0.29, 0.717) is 28.4 Å². The molecule has 3 rings (SSSR count). The van der Waals surface area contributed by atoms with Crippen LogP contribution in [-0.2, 0) is 0 Å². The normalized spacial score (nSPS) is 11.0. The van der Waals surface area contributed by atoms with Crippen molar-refractivity contribution in [3.05, 3.63) is 75.2 Å². The van der Waals surface area contributed by atoms with Crippen LogP contribution in [0.15, 0.2) is 60.1 Å². The van der Waals surface area contributed by atoms with Gasteiger partial charge < -0.3 is 10.1 Å². The zero-order valence-electron chi connectivity index (χ0n) is 16.4. The molecule has 2 aromatic carbocycles. The number of allylic oxidation sites excluding steroid dienone is 1. The topological polar surface area (TPSA) is 101 Å². The average molecular weight is 420 g/mol. The minimum absolute atomic E-state index is 0.00175. The second-order valence-corrected chi connectivity index (χ2v) is 7.24. The van der Waals surface area contributed by atoms with Gasteiger partial charge in [0, 0.05) is 35.0 Å². The lowest BCUT2D eigenvalue weighted by Crippen LogP contribution is -1.96. The third-order valence-electron chi connectivity index (χ3n) is 4.21. The summed E-state index contributed by atoms with van der Waals surface area (Å²) in [5, 5.41) is 25.9. The largest absolute Gasteiger partial charge is 0.494 e. The van der Waals surface area contributed by atoms with Gasteiger partial charge in [0.1, 0.15) is 22.4 Å². The Kier molecular flexibility index (Phi) is 7.14. The molecule has 0 aliphatic heterocycles. The van der Waals surface area contributed by atoms with Crippen molar-refractivity contribution in [1.29, 1.82) is 5.26 Å². The van der Waals surface area contributed by atoms with Crippen LogP contribution >= 0.6 is 11.3 Å². The van der Waals surface area contributed by atoms with Crippen molar-refractivity contribution in [2.45, 2.75) is 19.8 Å². The molecule has 0 unspecified atom stereocenters. The zero-order valence-corrected chi connectivity index (χ0v) is 17.2. The number of nitriles is 1. The van der Waals surface area contributed by atoms with Gasteiger partial charge in [0.15, 0.2) is 0 Å². The summed E-state index contributed by atoms with van der Waals surface area (Å²) in [6.45, 7) is 2.81. The van der Waals surface area contributed by atoms with Crippen LogP contribution in [0, 0.1) is 21.4 Å². The number of thiazole rings is 1. The summed E-state index contributed by atoms with van der Waals surface area (Å²) in [5.74, 6) is 0.806. The average Bonchev–Trinajstić information content (AvgIpc) is 3.25. The highest BCUT2D eigenvalue weighted by molar-refractivity contribution is 7.11. The summed E-state index contributed by atoms with van der Waals surface area (Å²) in [6, 6.07) is 15.9. The van der Waals surface area contributed by atoms with Crippen LogP contribution in [0.2, 0.25) is 0 Å². The number of hydrogen-bond donors (Lipinski definition) is 1. The summed E-state index contributed by atoms with van der Waals surface area (Å²) in [4.78, 5) is 15.0. The molecule has 0 spiro atoms. The molecule has 0 aliphatic rings. The lowest BCUT2D eigenvalue weighted by atomic mass is 10.1. The fourth-order valence-corrected chi connectivity index (χ4v) is 3.38. The van der Waals surface area contributed by atoms with Gasteiger partial charge in [-0.3, -0.25) is 10.1 Å². The Morgan fingerprint density at radius 2 is 2.13 bits per heavy atom. The Morgan fingerprint density at radius 1 is 1.33 bits per heavy atom. The van der Waals surface area contributed by atoms with Crippen molar-refractivity contribution >= 4 is 28.3 Å². The number of nitro groups is 1. The molecule has 8 heteroatoms. The van der Waals surface area contributed by atoms with E-state index in [9.17, 15) is 15.4 Å². The van der Waals surface area contributed by atoms with Gasteiger partial charge in [-0.15, -0.1) is 11.3 Å². The van der Waals surface area contributed by atoms with E-state index < -0.39 is 4.92 Å². The van der Waals surface area contributed by atoms with Crippen molar-refractivity contribution in [1.82, 2.24) is 4.98 Å². The summed E-state index contributed by atoms with van der Waals surface area (Å²) >= 11 is 1.31. The van der Waals surface area contributed by atoms with E-state index in [1.54, 1.807) is 23.7 Å². The first-order chi connectivity index (χ1) is 14.6. The molecule has 0 saturated carbocycles. The fraction of sp³-hybridized carbons (Fsp3) is 0.182. The number of rotatable bonds is 9. The Bertz CT molecular complexity index is 1080. The first-order valence-electron chi connectivity index (χ1n) is 9.41. The van der Waals surface area contributed by atoms with E-state index in [-0.39, 0.29) is 5.69 Å². The van der Waals surface area contributed by atoms with Gasteiger partial charge in [0.2, 0.25) is 0 Å². The summed E-state index contributed by atoms with van der Waals surface area (Å²) in [5.41, 5.74) is 2.42. The van der Waals surface area contributed by atoms with Crippen LogP contribution < -0.4 is 10.1 Å². The van der Waals surface area contributed by atoms with Gasteiger partial charge in [0.05, 0.1) is 17.2 Å². The molecular weight excluding hydrogens is 400 g/mol. The van der Waals surface area contributed by atoms with Gasteiger partial charge >= 0.3 is 0 Å². The maximum absolute atomic E-state index is 11.0. The van der Waals surface area contributed by atoms with Crippen LogP contribution in [0.25, 0.3) is 16.8 Å². The van der Waals surface area contributed by atoms with Crippen LogP contribution in [0.1, 0.15) is 24.8 Å². The summed E-state index contributed by atoms with van der Waals surface area (Å²) in [7, 11) is 0. The molecule has 0 bridgehead atoms. The monoisotopic (exact) mass is 420 g/mol. The van der Waals surface area contributed by atoms with Crippen LogP contribution in [0.3, 0.4) is 0 Å². The smallest absolute Gasteiger partial charge is 0.270 e. The van der Waals surface area contributed by atoms with Crippen LogP contribution in [0.5, 0.6) is 5.75 Å². The van der Waals surface area contributed by atoms with Crippen molar-refractivity contribution in [3.63, 3.8) is 0 Å². The highest BCUT2D eigenvalue weighted by atomic mass is 32.1. The van der Waals surface area contributed by atoms with E-state index in [1.807, 2.05) is 24.3 Å². The lowest BCUT2D eigenvalue weighted by Gasteiger charge is -2.06. The molecule has 1 aromatic heterocycles. The van der Waals surface area contributed by atoms with Crippen molar-refractivity contribution < 1.29 is 9.66 Å². The second kappa shape index (κ2) is 10.2. The highest BCUT2D eigenvalue weighted by Crippen LogP contribution is 2.28. The van der Waals surface area contributed by atoms with Gasteiger partial charge in [-0.1, -0.05) is 25.5 Å². The number of aromatic nitrogens is 1. The molecule has 1 N–H and O–H groups in total. The predicted octanol–water partition coefficient (Wildman–Crippen LogP) is 5.87. The van der Waals surface area contributed by atoms with Gasteiger partial charge in [-0.25, -0.2) is 4.98 Å². The van der Waals surface area contributed by atoms with E-state index in [0.717, 1.165) is 24.3 Å². The summed E-state index contributed by atoms with van der Waals surface area (Å²) < 4.78 is 5.64. The molecule has 0 radical (unpaired) electrons. The molecule has 152 valence electrons. The SMILES string of the molecule is CCCCOc1ccc(NC=C(C#N)c2nc(-c3cccc([N+](=O)[O-])c3)cs2)cc1. The maximum atomic E-state index is 11.0. The third kappa shape index (κ3) is 5.43. The zero-order chi connectivity index (χ0) is 21.3. The molecule has 7 nitrogen and oxygen atoms in total. The highest BCUT2D eigenvalue weighted by Gasteiger charge is 2.12. The Balaban J connectivity index is 1.71. The minimum atomic E-state index is -0.443. The van der Waals surface area contributed by atoms with Crippen molar-refractivity contribution in [2.75, 3.05) is 11.9 Å². The predicted molar refractivity (Wildman–Crippen MR) is 118 cm³/mol. The van der Waals surface area contributed by atoms with Crippen LogP contribution in [-0.4, -0.2) is 16.5 Å². The Hall–Kier alpha value is -3.70. The number of ether oxygens (including phenoxy) is 1. The van der Waals surface area contributed by atoms with Gasteiger partial charge in [-0.05, 0) is 30.7 Å². The lowest BCUT2D eigenvalue weighted by molar-refractivity contribution is -0.384. The molecule has 3 aromatic rings. The second-order valence-electron chi connectivity index (χ2n) is 6.39. The molecule has 0 fully saturated rings. The molecule has 0 saturated heterocycles. The quantitative estimate of drug-likeness (QED) is 0.201. The molecule has 30 heavy (non-hydrogen) atoms. The molecule has 0 atom stereocenters. The van der Waals surface area contributed by atoms with E-state index >= 15 is 0 Å². The first kappa shape index (κ1) is 21.0. The number of unbranched alkanes of at least 4 members (excludes halogenated alkanes) is 1. The molecule has 1 heterocycles. The fourth-order valence-electron chi connectivity index (χ4n) is 2.59. The van der Waals surface area contributed by atoms with Crippen LogP contribution in [0.4, 0.5) is 11.4 Å². The molecule has 0 aliphatic carbocycles. The number of hydrogen-bond acceptors (Lipinski definition) is 7. The number of nitrogens with one attached hydrogen (secondary N) is 1. The van der Waals surface area contributed by atoms with E-state index in [2.05, 4.69) is 23.3 Å².